The molecule has 1 aromatic carbocycles. The van der Waals surface area contributed by atoms with Crippen molar-refractivity contribution in [3.63, 3.8) is 0 Å². The molecule has 0 saturated carbocycles. The largest absolute Gasteiger partial charge is 0.257 e. The highest BCUT2D eigenvalue weighted by atomic mass is 15.0. The Kier molecular flexibility index (Phi) is 4.08. The van der Waals surface area contributed by atoms with E-state index in [0.717, 1.165) is 23.7 Å². The first-order valence-corrected chi connectivity index (χ1v) is 6.50. The van der Waals surface area contributed by atoms with Crippen LogP contribution in [-0.4, -0.2) is 18.1 Å². The highest BCUT2D eigenvalue weighted by molar-refractivity contribution is 6.07. The van der Waals surface area contributed by atoms with Gasteiger partial charge in [0.1, 0.15) is 0 Å². The Morgan fingerprint density at radius 3 is 2.47 bits per heavy atom. The van der Waals surface area contributed by atoms with E-state index in [1.54, 1.807) is 0 Å². The minimum absolute atomic E-state index is 0.287. The maximum atomic E-state index is 4.69. The highest BCUT2D eigenvalue weighted by Crippen LogP contribution is 2.19. The molecule has 0 saturated heterocycles. The zero-order chi connectivity index (χ0) is 12.1. The molecule has 1 atom stereocenters. The van der Waals surface area contributed by atoms with Gasteiger partial charge in [-0.2, -0.15) is 0 Å². The highest BCUT2D eigenvalue weighted by Gasteiger charge is 2.17. The molecular weight excluding hydrogens is 208 g/mol. The van der Waals surface area contributed by atoms with Crippen LogP contribution in [0.15, 0.2) is 40.3 Å². The Labute approximate surface area is 104 Å². The van der Waals surface area contributed by atoms with Crippen LogP contribution >= 0.6 is 0 Å². The monoisotopic (exact) mass is 228 g/mol. The molecule has 2 heteroatoms. The number of rotatable bonds is 5. The first-order valence-electron chi connectivity index (χ1n) is 6.50. The number of aliphatic imine (C=N–C) groups is 2. The lowest BCUT2D eigenvalue weighted by Crippen LogP contribution is -2.10. The van der Waals surface area contributed by atoms with Crippen molar-refractivity contribution in [3.05, 3.63) is 35.9 Å². The van der Waals surface area contributed by atoms with Gasteiger partial charge in [-0.25, -0.2) is 4.99 Å². The topological polar surface area (TPSA) is 24.7 Å². The predicted molar refractivity (Wildman–Crippen MR) is 73.9 cm³/mol. The van der Waals surface area contributed by atoms with Gasteiger partial charge in [0.05, 0.1) is 6.04 Å². The number of amidine groups is 1. The summed E-state index contributed by atoms with van der Waals surface area (Å²) in [5.74, 6) is 1.66. The van der Waals surface area contributed by atoms with Gasteiger partial charge in [0.2, 0.25) is 0 Å². The summed E-state index contributed by atoms with van der Waals surface area (Å²) in [5, 5.41) is 0. The van der Waals surface area contributed by atoms with E-state index in [1.165, 1.54) is 12.8 Å². The fourth-order valence-electron chi connectivity index (χ4n) is 2.19. The van der Waals surface area contributed by atoms with Crippen molar-refractivity contribution in [1.82, 2.24) is 0 Å². The number of hydrogen-bond donors (Lipinski definition) is 0. The molecule has 90 valence electrons. The second-order valence-electron chi connectivity index (χ2n) is 4.58. The van der Waals surface area contributed by atoms with Crippen LogP contribution in [0.3, 0.4) is 0 Å². The van der Waals surface area contributed by atoms with Crippen LogP contribution in [0.25, 0.3) is 0 Å². The second-order valence-corrected chi connectivity index (χ2v) is 4.58. The van der Waals surface area contributed by atoms with E-state index >= 15 is 0 Å². The molecule has 0 fully saturated rings. The molecule has 17 heavy (non-hydrogen) atoms. The summed E-state index contributed by atoms with van der Waals surface area (Å²) in [6.07, 6.45) is 5.60. The molecule has 2 rings (SSSR count). The maximum absolute atomic E-state index is 4.69. The van der Waals surface area contributed by atoms with Crippen molar-refractivity contribution in [2.24, 2.45) is 15.9 Å². The van der Waals surface area contributed by atoms with Crippen LogP contribution in [0, 0.1) is 5.92 Å². The molecule has 1 aromatic rings. The van der Waals surface area contributed by atoms with E-state index in [1.807, 2.05) is 24.4 Å². The number of nitrogens with zero attached hydrogens (tertiary/aromatic N) is 2. The molecule has 0 spiro atoms. The number of benzene rings is 1. The van der Waals surface area contributed by atoms with Gasteiger partial charge in [-0.05, 0) is 12.3 Å². The van der Waals surface area contributed by atoms with E-state index in [0.29, 0.717) is 0 Å². The van der Waals surface area contributed by atoms with Crippen LogP contribution < -0.4 is 0 Å². The Morgan fingerprint density at radius 2 is 1.82 bits per heavy atom. The Balaban J connectivity index is 2.03. The minimum atomic E-state index is 0.287. The molecule has 0 bridgehead atoms. The van der Waals surface area contributed by atoms with Gasteiger partial charge in [-0.15, -0.1) is 0 Å². The lowest BCUT2D eigenvalue weighted by molar-refractivity contribution is 0.447. The standard InChI is InChI=1S/C15H20N2/c1-3-12(4-2)10-14-11-16-15(17-14)13-8-6-5-7-9-13/h5-9,11-12,14H,3-4,10H2,1-2H3. The fourth-order valence-corrected chi connectivity index (χ4v) is 2.19. The summed E-state index contributed by atoms with van der Waals surface area (Å²) < 4.78 is 0. The molecule has 2 nitrogen and oxygen atoms in total. The lowest BCUT2D eigenvalue weighted by Gasteiger charge is -2.13. The quantitative estimate of drug-likeness (QED) is 0.734. The molecule has 0 N–H and O–H groups in total. The summed E-state index contributed by atoms with van der Waals surface area (Å²) >= 11 is 0. The van der Waals surface area contributed by atoms with E-state index < -0.39 is 0 Å². The average molecular weight is 228 g/mol. The summed E-state index contributed by atoms with van der Waals surface area (Å²) in [6.45, 7) is 4.50. The van der Waals surface area contributed by atoms with Crippen molar-refractivity contribution in [1.29, 1.82) is 0 Å². The van der Waals surface area contributed by atoms with Crippen LogP contribution in [0.4, 0.5) is 0 Å². The van der Waals surface area contributed by atoms with E-state index in [9.17, 15) is 0 Å². The van der Waals surface area contributed by atoms with Crippen LogP contribution in [-0.2, 0) is 0 Å². The summed E-state index contributed by atoms with van der Waals surface area (Å²) in [4.78, 5) is 9.12. The van der Waals surface area contributed by atoms with Gasteiger partial charge in [-0.1, -0.05) is 57.0 Å². The number of hydrogen-bond acceptors (Lipinski definition) is 2. The first kappa shape index (κ1) is 12.0. The normalized spacial score (nSPS) is 18.8. The molecule has 0 amide bonds. The molecule has 1 aliphatic heterocycles. The third-order valence-electron chi connectivity index (χ3n) is 3.42. The third-order valence-corrected chi connectivity index (χ3v) is 3.42. The third kappa shape index (κ3) is 3.02. The molecule has 0 aromatic heterocycles. The van der Waals surface area contributed by atoms with Crippen molar-refractivity contribution >= 4 is 12.1 Å². The lowest BCUT2D eigenvalue weighted by atomic mass is 9.96. The van der Waals surface area contributed by atoms with Crippen LogP contribution in [0.5, 0.6) is 0 Å². The van der Waals surface area contributed by atoms with Gasteiger partial charge in [0.15, 0.2) is 5.84 Å². The van der Waals surface area contributed by atoms with Gasteiger partial charge in [0, 0.05) is 11.8 Å². The summed E-state index contributed by atoms with van der Waals surface area (Å²) in [6, 6.07) is 10.5. The van der Waals surface area contributed by atoms with Crippen molar-refractivity contribution in [2.75, 3.05) is 0 Å². The Morgan fingerprint density at radius 1 is 1.12 bits per heavy atom. The zero-order valence-electron chi connectivity index (χ0n) is 10.6. The van der Waals surface area contributed by atoms with Gasteiger partial charge in [-0.3, -0.25) is 4.99 Å². The minimum Gasteiger partial charge on any atom is -0.257 e. The summed E-state index contributed by atoms with van der Waals surface area (Å²) in [7, 11) is 0. The van der Waals surface area contributed by atoms with E-state index in [2.05, 4.69) is 36.0 Å². The van der Waals surface area contributed by atoms with Gasteiger partial charge in [0.25, 0.3) is 0 Å². The van der Waals surface area contributed by atoms with Gasteiger partial charge < -0.3 is 0 Å². The fraction of sp³-hybridized carbons (Fsp3) is 0.467. The Bertz CT molecular complexity index is 402. The predicted octanol–water partition coefficient (Wildman–Crippen LogP) is 3.71. The smallest absolute Gasteiger partial charge is 0.154 e. The SMILES string of the molecule is CCC(CC)CC1C=NC(c2ccccc2)=N1. The van der Waals surface area contributed by atoms with Crippen LogP contribution in [0.2, 0.25) is 0 Å². The van der Waals surface area contributed by atoms with Crippen molar-refractivity contribution < 1.29 is 0 Å². The van der Waals surface area contributed by atoms with E-state index in [-0.39, 0.29) is 6.04 Å². The molecule has 0 aliphatic carbocycles. The zero-order valence-corrected chi connectivity index (χ0v) is 10.6. The van der Waals surface area contributed by atoms with E-state index in [4.69, 9.17) is 0 Å². The molecule has 1 heterocycles. The molecule has 1 aliphatic rings. The first-order chi connectivity index (χ1) is 8.33. The average Bonchev–Trinajstić information content (AvgIpc) is 2.85. The van der Waals surface area contributed by atoms with Crippen LogP contribution in [0.1, 0.15) is 38.7 Å². The van der Waals surface area contributed by atoms with Gasteiger partial charge >= 0.3 is 0 Å². The summed E-state index contributed by atoms with van der Waals surface area (Å²) in [5.41, 5.74) is 1.12. The molecule has 0 radical (unpaired) electrons. The second kappa shape index (κ2) is 5.76. The van der Waals surface area contributed by atoms with Crippen molar-refractivity contribution in [2.45, 2.75) is 39.2 Å². The maximum Gasteiger partial charge on any atom is 0.154 e. The molecular formula is C15H20N2. The van der Waals surface area contributed by atoms with Crippen molar-refractivity contribution in [3.8, 4) is 0 Å². The Hall–Kier alpha value is -1.44. The molecule has 1 unspecified atom stereocenters.